The molecule has 0 bridgehead atoms. The molecule has 3 aromatic rings. The maximum Gasteiger partial charge on any atom is 0.272 e. The molecule has 0 saturated carbocycles. The predicted octanol–water partition coefficient (Wildman–Crippen LogP) is 1.82. The summed E-state index contributed by atoms with van der Waals surface area (Å²) in [5.74, 6) is 0.0692. The van der Waals surface area contributed by atoms with Gasteiger partial charge in [-0.3, -0.25) is 24.5 Å². The van der Waals surface area contributed by atoms with Crippen molar-refractivity contribution in [3.8, 4) is 17.0 Å². The summed E-state index contributed by atoms with van der Waals surface area (Å²) in [4.78, 5) is 47.9. The molecule has 2 aromatic heterocycles. The molecule has 1 atom stereocenters. The van der Waals surface area contributed by atoms with E-state index in [-0.39, 0.29) is 30.1 Å². The number of ether oxygens (including phenoxy) is 1. The Morgan fingerprint density at radius 1 is 1.06 bits per heavy atom. The zero-order valence-electron chi connectivity index (χ0n) is 19.4. The third-order valence-electron chi connectivity index (χ3n) is 6.50. The molecular formula is C25H26N6O4. The maximum absolute atomic E-state index is 13.1. The summed E-state index contributed by atoms with van der Waals surface area (Å²) in [6.45, 7) is 2.07. The highest BCUT2D eigenvalue weighted by Gasteiger charge is 2.38. The normalized spacial score (nSPS) is 18.1. The lowest BCUT2D eigenvalue weighted by Crippen LogP contribution is -2.52. The number of nitrogens with zero attached hydrogens (tertiary/aromatic N) is 5. The Bertz CT molecular complexity index is 1220. The van der Waals surface area contributed by atoms with Gasteiger partial charge in [0, 0.05) is 62.8 Å². The molecule has 35 heavy (non-hydrogen) atoms. The highest BCUT2D eigenvalue weighted by Crippen LogP contribution is 2.28. The van der Waals surface area contributed by atoms with E-state index in [2.05, 4.69) is 15.2 Å². The standard InChI is InChI=1S/C25H26N6O4/c1-35-20-6-4-19(5-7-20)31-16-18(13-23(31)32)24(33)29-9-11-30(12-10-29)25(34)22-14-21(27-28-22)17-3-2-8-26-15-17/h2-8,14-15,18H,9-13,16H2,1H3,(H,27,28). The number of amides is 3. The van der Waals surface area contributed by atoms with Crippen LogP contribution < -0.4 is 9.64 Å². The lowest BCUT2D eigenvalue weighted by Gasteiger charge is -2.35. The summed E-state index contributed by atoms with van der Waals surface area (Å²) >= 11 is 0. The van der Waals surface area contributed by atoms with Gasteiger partial charge in [0.15, 0.2) is 0 Å². The van der Waals surface area contributed by atoms with Crippen LogP contribution in [0.4, 0.5) is 5.69 Å². The van der Waals surface area contributed by atoms with Crippen LogP contribution in [-0.4, -0.2) is 82.5 Å². The quantitative estimate of drug-likeness (QED) is 0.604. The van der Waals surface area contributed by atoms with E-state index in [9.17, 15) is 14.4 Å². The van der Waals surface area contributed by atoms with Gasteiger partial charge in [0.2, 0.25) is 11.8 Å². The van der Waals surface area contributed by atoms with Crippen molar-refractivity contribution >= 4 is 23.4 Å². The summed E-state index contributed by atoms with van der Waals surface area (Å²) in [7, 11) is 1.59. The molecule has 2 aliphatic heterocycles. The van der Waals surface area contributed by atoms with Crippen molar-refractivity contribution in [3.05, 3.63) is 60.6 Å². The van der Waals surface area contributed by atoms with Gasteiger partial charge in [-0.05, 0) is 42.5 Å². The molecule has 2 saturated heterocycles. The Hall–Kier alpha value is -4.21. The van der Waals surface area contributed by atoms with Crippen LogP contribution in [0, 0.1) is 5.92 Å². The van der Waals surface area contributed by atoms with Crippen LogP contribution in [0.5, 0.6) is 5.75 Å². The van der Waals surface area contributed by atoms with E-state index in [4.69, 9.17) is 4.74 Å². The van der Waals surface area contributed by atoms with Crippen LogP contribution in [0.3, 0.4) is 0 Å². The van der Waals surface area contributed by atoms with Crippen LogP contribution >= 0.6 is 0 Å². The largest absolute Gasteiger partial charge is 0.497 e. The van der Waals surface area contributed by atoms with Gasteiger partial charge in [-0.1, -0.05) is 0 Å². The number of rotatable bonds is 5. The first kappa shape index (κ1) is 22.6. The van der Waals surface area contributed by atoms with E-state index in [1.165, 1.54) is 0 Å². The summed E-state index contributed by atoms with van der Waals surface area (Å²) in [6.07, 6.45) is 3.56. The highest BCUT2D eigenvalue weighted by atomic mass is 16.5. The van der Waals surface area contributed by atoms with Gasteiger partial charge in [-0.15, -0.1) is 0 Å². The number of aromatic amines is 1. The molecular weight excluding hydrogens is 448 g/mol. The molecule has 1 aromatic carbocycles. The Morgan fingerprint density at radius 3 is 2.49 bits per heavy atom. The molecule has 0 radical (unpaired) electrons. The number of piperazine rings is 1. The minimum atomic E-state index is -0.387. The van der Waals surface area contributed by atoms with Crippen molar-refractivity contribution in [1.29, 1.82) is 0 Å². The summed E-state index contributed by atoms with van der Waals surface area (Å²) in [5, 5.41) is 7.04. The zero-order valence-corrected chi connectivity index (χ0v) is 19.4. The van der Waals surface area contributed by atoms with E-state index in [0.29, 0.717) is 49.9 Å². The van der Waals surface area contributed by atoms with Crippen molar-refractivity contribution < 1.29 is 19.1 Å². The number of benzene rings is 1. The van der Waals surface area contributed by atoms with Crippen molar-refractivity contribution in [2.24, 2.45) is 5.92 Å². The zero-order chi connectivity index (χ0) is 24.4. The second-order valence-corrected chi connectivity index (χ2v) is 8.63. The van der Waals surface area contributed by atoms with Crippen molar-refractivity contribution in [2.75, 3.05) is 44.7 Å². The monoisotopic (exact) mass is 474 g/mol. The van der Waals surface area contributed by atoms with Crippen LogP contribution in [-0.2, 0) is 9.59 Å². The molecule has 3 amide bonds. The summed E-state index contributed by atoms with van der Waals surface area (Å²) in [5.41, 5.74) is 2.64. The molecule has 10 nitrogen and oxygen atoms in total. The van der Waals surface area contributed by atoms with E-state index in [1.54, 1.807) is 52.4 Å². The predicted molar refractivity (Wildman–Crippen MR) is 128 cm³/mol. The number of methoxy groups -OCH3 is 1. The van der Waals surface area contributed by atoms with Crippen molar-refractivity contribution in [3.63, 3.8) is 0 Å². The molecule has 0 spiro atoms. The van der Waals surface area contributed by atoms with E-state index >= 15 is 0 Å². The number of H-pyrrole nitrogens is 1. The number of carbonyl (C=O) groups excluding carboxylic acids is 3. The summed E-state index contributed by atoms with van der Waals surface area (Å²) < 4.78 is 5.17. The highest BCUT2D eigenvalue weighted by molar-refractivity contribution is 6.00. The first-order valence-corrected chi connectivity index (χ1v) is 11.5. The second-order valence-electron chi connectivity index (χ2n) is 8.63. The third-order valence-corrected chi connectivity index (χ3v) is 6.50. The Balaban J connectivity index is 1.17. The molecule has 4 heterocycles. The fraction of sp³-hybridized carbons (Fsp3) is 0.320. The number of hydrogen-bond donors (Lipinski definition) is 1. The third kappa shape index (κ3) is 4.59. The molecule has 1 unspecified atom stereocenters. The molecule has 1 N–H and O–H groups in total. The van der Waals surface area contributed by atoms with Crippen LogP contribution in [0.15, 0.2) is 54.9 Å². The second kappa shape index (κ2) is 9.57. The number of aromatic nitrogens is 3. The lowest BCUT2D eigenvalue weighted by molar-refractivity contribution is -0.137. The number of hydrogen-bond acceptors (Lipinski definition) is 6. The Labute approximate surface area is 202 Å². The molecule has 2 aliphatic rings. The fourth-order valence-electron chi connectivity index (χ4n) is 4.54. The Kier molecular flexibility index (Phi) is 6.17. The topological polar surface area (TPSA) is 112 Å². The fourth-order valence-corrected chi connectivity index (χ4v) is 4.54. The SMILES string of the molecule is COc1ccc(N2CC(C(=O)N3CCN(C(=O)c4cc(-c5cccnc5)n[nH]4)CC3)CC2=O)cc1. The van der Waals surface area contributed by atoms with Crippen LogP contribution in [0.1, 0.15) is 16.9 Å². The minimum Gasteiger partial charge on any atom is -0.497 e. The molecule has 10 heteroatoms. The van der Waals surface area contributed by atoms with Gasteiger partial charge < -0.3 is 19.4 Å². The average molecular weight is 475 g/mol. The van der Waals surface area contributed by atoms with Gasteiger partial charge in [0.1, 0.15) is 11.4 Å². The number of pyridine rings is 1. The van der Waals surface area contributed by atoms with Gasteiger partial charge in [0.05, 0.1) is 18.7 Å². The van der Waals surface area contributed by atoms with Gasteiger partial charge in [-0.25, -0.2) is 0 Å². The van der Waals surface area contributed by atoms with Crippen molar-refractivity contribution in [1.82, 2.24) is 25.0 Å². The average Bonchev–Trinajstić information content (AvgIpc) is 3.56. The summed E-state index contributed by atoms with van der Waals surface area (Å²) in [6, 6.07) is 12.7. The van der Waals surface area contributed by atoms with Gasteiger partial charge in [-0.2, -0.15) is 5.10 Å². The van der Waals surface area contributed by atoms with Gasteiger partial charge >= 0.3 is 0 Å². The maximum atomic E-state index is 13.1. The first-order valence-electron chi connectivity index (χ1n) is 11.5. The van der Waals surface area contributed by atoms with Crippen LogP contribution in [0.2, 0.25) is 0 Å². The van der Waals surface area contributed by atoms with E-state index in [0.717, 1.165) is 11.3 Å². The van der Waals surface area contributed by atoms with Gasteiger partial charge in [0.25, 0.3) is 5.91 Å². The smallest absolute Gasteiger partial charge is 0.272 e. The molecule has 0 aliphatic carbocycles. The number of anilines is 1. The molecule has 5 rings (SSSR count). The number of carbonyl (C=O) groups is 3. The lowest BCUT2D eigenvalue weighted by atomic mass is 10.1. The van der Waals surface area contributed by atoms with Crippen molar-refractivity contribution in [2.45, 2.75) is 6.42 Å². The minimum absolute atomic E-state index is 0.0399. The van der Waals surface area contributed by atoms with E-state index in [1.807, 2.05) is 24.3 Å². The number of nitrogens with one attached hydrogen (secondary N) is 1. The molecule has 180 valence electrons. The molecule has 2 fully saturated rings. The first-order chi connectivity index (χ1) is 17.0. The Morgan fingerprint density at radius 2 is 1.80 bits per heavy atom. The van der Waals surface area contributed by atoms with E-state index < -0.39 is 0 Å². The van der Waals surface area contributed by atoms with Crippen LogP contribution in [0.25, 0.3) is 11.3 Å².